The van der Waals surface area contributed by atoms with Crippen LogP contribution in [0.5, 0.6) is 0 Å². The monoisotopic (exact) mass is 500 g/mol. The molecule has 9 heteroatoms. The quantitative estimate of drug-likeness (QED) is 0.341. The number of rotatable bonds is 7. The van der Waals surface area contributed by atoms with Crippen LogP contribution in [0.3, 0.4) is 0 Å². The molecule has 3 rings (SSSR count). The van der Waals surface area contributed by atoms with Gasteiger partial charge in [-0.3, -0.25) is 19.8 Å². The van der Waals surface area contributed by atoms with E-state index in [9.17, 15) is 14.4 Å². The van der Waals surface area contributed by atoms with Crippen molar-refractivity contribution >= 4 is 50.2 Å². The predicted octanol–water partition coefficient (Wildman–Crippen LogP) is 3.50. The maximum atomic E-state index is 13.1. The molecule has 0 spiro atoms. The second-order valence-corrected chi connectivity index (χ2v) is 8.30. The Morgan fingerprint density at radius 1 is 1.03 bits per heavy atom. The van der Waals surface area contributed by atoms with E-state index in [2.05, 4.69) is 32.0 Å². The summed E-state index contributed by atoms with van der Waals surface area (Å²) in [6.07, 6.45) is 0.583. The van der Waals surface area contributed by atoms with Crippen LogP contribution in [0.25, 0.3) is 10.9 Å². The molecule has 0 radical (unpaired) electrons. The van der Waals surface area contributed by atoms with E-state index in [1.807, 2.05) is 38.1 Å². The highest BCUT2D eigenvalue weighted by molar-refractivity contribution is 9.10. The second-order valence-electron chi connectivity index (χ2n) is 7.38. The van der Waals surface area contributed by atoms with Crippen LogP contribution in [-0.2, 0) is 14.3 Å². The van der Waals surface area contributed by atoms with Gasteiger partial charge in [0.2, 0.25) is 0 Å². The average Bonchev–Trinajstić information content (AvgIpc) is 3.10. The van der Waals surface area contributed by atoms with E-state index in [0.717, 1.165) is 21.0 Å². The molecule has 0 unspecified atom stereocenters. The van der Waals surface area contributed by atoms with Gasteiger partial charge in [0.1, 0.15) is 5.69 Å². The molecule has 0 atom stereocenters. The average molecular weight is 501 g/mol. The Labute approximate surface area is 194 Å². The number of anilines is 1. The van der Waals surface area contributed by atoms with Crippen LogP contribution in [0.15, 0.2) is 46.9 Å². The van der Waals surface area contributed by atoms with Crippen molar-refractivity contribution in [1.82, 2.24) is 9.99 Å². The molecule has 3 aromatic rings. The fourth-order valence-corrected chi connectivity index (χ4v) is 3.64. The topological polar surface area (TPSA) is 101 Å². The van der Waals surface area contributed by atoms with Gasteiger partial charge in [-0.25, -0.2) is 4.68 Å². The van der Waals surface area contributed by atoms with Gasteiger partial charge in [-0.05, 0) is 56.2 Å². The summed E-state index contributed by atoms with van der Waals surface area (Å²) < 4.78 is 7.08. The van der Waals surface area contributed by atoms with Crippen molar-refractivity contribution < 1.29 is 19.1 Å². The molecular formula is C23H25BrN4O4. The number of carbonyl (C=O) groups is 3. The number of fused-ring (bicyclic) bond motifs is 1. The third-order valence-electron chi connectivity index (χ3n) is 4.86. The molecule has 3 amide bonds. The molecule has 32 heavy (non-hydrogen) atoms. The number of carbonyl (C=O) groups excluding carboxylic acids is 3. The molecule has 0 fully saturated rings. The van der Waals surface area contributed by atoms with Crippen LogP contribution in [0.1, 0.15) is 28.0 Å². The summed E-state index contributed by atoms with van der Waals surface area (Å²) in [5.41, 5.74) is 5.99. The molecular weight excluding hydrogens is 476 g/mol. The number of ether oxygens (including phenoxy) is 1. The van der Waals surface area contributed by atoms with Crippen molar-refractivity contribution in [2.24, 2.45) is 0 Å². The Balaban J connectivity index is 1.87. The number of aromatic nitrogens is 1. The summed E-state index contributed by atoms with van der Waals surface area (Å²) in [6.45, 7) is 4.66. The minimum Gasteiger partial charge on any atom is -0.385 e. The first-order valence-corrected chi connectivity index (χ1v) is 10.9. The smallest absolute Gasteiger partial charge is 0.328 e. The van der Waals surface area contributed by atoms with Gasteiger partial charge >= 0.3 is 11.8 Å². The maximum absolute atomic E-state index is 13.1. The number of amides is 3. The van der Waals surface area contributed by atoms with Crippen molar-refractivity contribution in [3.05, 3.63) is 63.8 Å². The molecule has 168 valence electrons. The van der Waals surface area contributed by atoms with Gasteiger partial charge in [0.25, 0.3) is 5.91 Å². The molecule has 1 aromatic heterocycles. The SMILES string of the molecule is COCCCNC(=O)C(=O)Nn1c(C(=O)Nc2ccc(C)cc2C)cc2cc(Br)ccc21. The Hall–Kier alpha value is -3.17. The van der Waals surface area contributed by atoms with Crippen molar-refractivity contribution in [3.63, 3.8) is 0 Å². The van der Waals surface area contributed by atoms with Crippen LogP contribution < -0.4 is 16.1 Å². The van der Waals surface area contributed by atoms with E-state index < -0.39 is 17.7 Å². The van der Waals surface area contributed by atoms with Crippen LogP contribution in [-0.4, -0.2) is 42.7 Å². The number of benzene rings is 2. The van der Waals surface area contributed by atoms with Crippen LogP contribution in [0.2, 0.25) is 0 Å². The number of aryl methyl sites for hydroxylation is 2. The molecule has 1 heterocycles. The van der Waals surface area contributed by atoms with Crippen molar-refractivity contribution in [3.8, 4) is 0 Å². The Bertz CT molecular complexity index is 1170. The summed E-state index contributed by atoms with van der Waals surface area (Å²) in [5, 5.41) is 6.15. The summed E-state index contributed by atoms with van der Waals surface area (Å²) >= 11 is 3.42. The van der Waals surface area contributed by atoms with E-state index in [-0.39, 0.29) is 5.69 Å². The zero-order valence-corrected chi connectivity index (χ0v) is 19.7. The molecule has 0 bridgehead atoms. The lowest BCUT2D eigenvalue weighted by Crippen LogP contribution is -2.40. The number of nitrogens with zero attached hydrogens (tertiary/aromatic N) is 1. The van der Waals surface area contributed by atoms with E-state index >= 15 is 0 Å². The van der Waals surface area contributed by atoms with E-state index in [1.165, 1.54) is 4.68 Å². The highest BCUT2D eigenvalue weighted by Crippen LogP contribution is 2.24. The van der Waals surface area contributed by atoms with Crippen molar-refractivity contribution in [2.75, 3.05) is 31.0 Å². The molecule has 8 nitrogen and oxygen atoms in total. The van der Waals surface area contributed by atoms with Gasteiger partial charge in [-0.2, -0.15) is 0 Å². The molecule has 0 aliphatic carbocycles. The second kappa shape index (κ2) is 10.4. The lowest BCUT2D eigenvalue weighted by molar-refractivity contribution is -0.136. The highest BCUT2D eigenvalue weighted by Gasteiger charge is 2.21. The molecule has 0 saturated carbocycles. The third kappa shape index (κ3) is 5.54. The van der Waals surface area contributed by atoms with Gasteiger partial charge in [0, 0.05) is 35.8 Å². The van der Waals surface area contributed by atoms with Crippen LogP contribution >= 0.6 is 15.9 Å². The predicted molar refractivity (Wildman–Crippen MR) is 127 cm³/mol. The van der Waals surface area contributed by atoms with Gasteiger partial charge in [0.15, 0.2) is 0 Å². The standard InChI is InChI=1S/C23H25BrN4O4/c1-14-5-7-18(15(2)11-14)26-21(29)20-13-16-12-17(24)6-8-19(16)28(20)27-23(31)22(30)25-9-4-10-32-3/h5-8,11-13H,4,9-10H2,1-3H3,(H,25,30)(H,26,29)(H,27,31). The van der Waals surface area contributed by atoms with E-state index in [4.69, 9.17) is 4.74 Å². The summed E-state index contributed by atoms with van der Waals surface area (Å²) in [4.78, 5) is 37.8. The number of hydrogen-bond donors (Lipinski definition) is 3. The minimum absolute atomic E-state index is 0.193. The normalized spacial score (nSPS) is 10.8. The zero-order valence-electron chi connectivity index (χ0n) is 18.1. The van der Waals surface area contributed by atoms with Crippen LogP contribution in [0, 0.1) is 13.8 Å². The summed E-state index contributed by atoms with van der Waals surface area (Å²) in [5.74, 6) is -2.07. The Morgan fingerprint density at radius 2 is 1.81 bits per heavy atom. The van der Waals surface area contributed by atoms with E-state index in [0.29, 0.717) is 30.8 Å². The van der Waals surface area contributed by atoms with Crippen molar-refractivity contribution in [2.45, 2.75) is 20.3 Å². The lowest BCUT2D eigenvalue weighted by Gasteiger charge is -2.14. The van der Waals surface area contributed by atoms with E-state index in [1.54, 1.807) is 25.3 Å². The van der Waals surface area contributed by atoms with Gasteiger partial charge in [0.05, 0.1) is 5.52 Å². The number of nitrogens with one attached hydrogen (secondary N) is 3. The lowest BCUT2D eigenvalue weighted by atomic mass is 10.1. The largest absolute Gasteiger partial charge is 0.385 e. The van der Waals surface area contributed by atoms with Crippen LogP contribution in [0.4, 0.5) is 5.69 Å². The first-order valence-electron chi connectivity index (χ1n) is 10.1. The van der Waals surface area contributed by atoms with Gasteiger partial charge in [-0.15, -0.1) is 0 Å². The maximum Gasteiger partial charge on any atom is 0.328 e. The summed E-state index contributed by atoms with van der Waals surface area (Å²) in [7, 11) is 1.56. The molecule has 0 aliphatic heterocycles. The summed E-state index contributed by atoms with van der Waals surface area (Å²) in [6, 6.07) is 12.7. The first-order chi connectivity index (χ1) is 15.3. The first kappa shape index (κ1) is 23.5. The number of methoxy groups -OCH3 is 1. The Morgan fingerprint density at radius 3 is 2.53 bits per heavy atom. The van der Waals surface area contributed by atoms with Gasteiger partial charge in [-0.1, -0.05) is 33.6 Å². The zero-order chi connectivity index (χ0) is 23.3. The Kier molecular flexibility index (Phi) is 7.66. The highest BCUT2D eigenvalue weighted by atomic mass is 79.9. The minimum atomic E-state index is -0.872. The van der Waals surface area contributed by atoms with Gasteiger partial charge < -0.3 is 15.4 Å². The molecule has 0 aliphatic rings. The number of hydrogen-bond acceptors (Lipinski definition) is 4. The molecule has 2 aromatic carbocycles. The fraction of sp³-hybridized carbons (Fsp3) is 0.261. The fourth-order valence-electron chi connectivity index (χ4n) is 3.26. The number of halogens is 1. The molecule has 3 N–H and O–H groups in total. The van der Waals surface area contributed by atoms with Crippen molar-refractivity contribution in [1.29, 1.82) is 0 Å². The third-order valence-corrected chi connectivity index (χ3v) is 5.35. The molecule has 0 saturated heterocycles.